The van der Waals surface area contributed by atoms with Crippen molar-refractivity contribution < 1.29 is 14.3 Å². The zero-order valence-corrected chi connectivity index (χ0v) is 18.0. The normalized spacial score (nSPS) is 10.7. The van der Waals surface area contributed by atoms with Crippen LogP contribution in [0.4, 0.5) is 0 Å². The van der Waals surface area contributed by atoms with E-state index in [1.807, 2.05) is 54.6 Å². The molecule has 0 aliphatic heterocycles. The Hall–Kier alpha value is -4.63. The number of hydrazone groups is 1. The molecule has 1 amide bonds. The summed E-state index contributed by atoms with van der Waals surface area (Å²) in [5.74, 6) is 1.05. The van der Waals surface area contributed by atoms with Gasteiger partial charge in [0.2, 0.25) is 0 Å². The van der Waals surface area contributed by atoms with Crippen LogP contribution in [-0.4, -0.2) is 19.2 Å². The molecule has 0 bridgehead atoms. The van der Waals surface area contributed by atoms with Gasteiger partial charge in [0.15, 0.2) is 0 Å². The van der Waals surface area contributed by atoms with E-state index >= 15 is 0 Å². The van der Waals surface area contributed by atoms with E-state index in [4.69, 9.17) is 14.7 Å². The lowest BCUT2D eigenvalue weighted by molar-refractivity contribution is 0.0957. The maximum Gasteiger partial charge on any atom is 0.271 e. The van der Waals surface area contributed by atoms with Crippen LogP contribution in [0.3, 0.4) is 0 Å². The van der Waals surface area contributed by atoms with Crippen LogP contribution in [0, 0.1) is 11.3 Å². The van der Waals surface area contributed by atoms with Gasteiger partial charge in [-0.3, -0.25) is 4.79 Å². The van der Waals surface area contributed by atoms with Gasteiger partial charge in [-0.15, -0.1) is 0 Å². The molecule has 0 aromatic heterocycles. The second-order valence-corrected chi connectivity index (χ2v) is 7.22. The first-order valence-corrected chi connectivity index (χ1v) is 10.3. The molecule has 0 saturated carbocycles. The van der Waals surface area contributed by atoms with E-state index < -0.39 is 0 Å². The molecule has 162 valence electrons. The van der Waals surface area contributed by atoms with Gasteiger partial charge in [-0.1, -0.05) is 36.4 Å². The fourth-order valence-corrected chi connectivity index (χ4v) is 3.43. The van der Waals surface area contributed by atoms with Crippen LogP contribution in [0.25, 0.3) is 10.8 Å². The lowest BCUT2D eigenvalue weighted by Gasteiger charge is -2.11. The molecular formula is C27H21N3O3. The summed E-state index contributed by atoms with van der Waals surface area (Å²) in [5.41, 5.74) is 5.35. The van der Waals surface area contributed by atoms with Crippen molar-refractivity contribution in [1.82, 2.24) is 5.43 Å². The highest BCUT2D eigenvalue weighted by Gasteiger charge is 2.09. The summed E-state index contributed by atoms with van der Waals surface area (Å²) >= 11 is 0. The molecule has 0 heterocycles. The van der Waals surface area contributed by atoms with E-state index in [-0.39, 0.29) is 12.5 Å². The molecule has 0 radical (unpaired) electrons. The molecule has 0 unspecified atom stereocenters. The Kier molecular flexibility index (Phi) is 6.62. The molecule has 6 nitrogen and oxygen atoms in total. The SMILES string of the molecule is COc1ccc(/C=N/NC(=O)c2cccc3ccccc23)cc1COc1ccc(C#N)cc1. The smallest absolute Gasteiger partial charge is 0.271 e. The summed E-state index contributed by atoms with van der Waals surface area (Å²) < 4.78 is 11.3. The lowest BCUT2D eigenvalue weighted by atomic mass is 10.0. The van der Waals surface area contributed by atoms with Crippen molar-refractivity contribution in [1.29, 1.82) is 5.26 Å². The number of hydrogen-bond acceptors (Lipinski definition) is 5. The molecular weight excluding hydrogens is 414 g/mol. The third-order valence-electron chi connectivity index (χ3n) is 5.10. The molecule has 0 atom stereocenters. The van der Waals surface area contributed by atoms with Crippen LogP contribution in [0.2, 0.25) is 0 Å². The highest BCUT2D eigenvalue weighted by atomic mass is 16.5. The first kappa shape index (κ1) is 21.6. The third kappa shape index (κ3) is 5.17. The lowest BCUT2D eigenvalue weighted by Crippen LogP contribution is -2.17. The van der Waals surface area contributed by atoms with Gasteiger partial charge in [0.05, 0.1) is 25.0 Å². The predicted molar refractivity (Wildman–Crippen MR) is 127 cm³/mol. The molecule has 0 spiro atoms. The van der Waals surface area contributed by atoms with Gasteiger partial charge in [-0.25, -0.2) is 5.43 Å². The van der Waals surface area contributed by atoms with Crippen molar-refractivity contribution in [2.75, 3.05) is 7.11 Å². The molecule has 0 aliphatic carbocycles. The first-order chi connectivity index (χ1) is 16.2. The zero-order chi connectivity index (χ0) is 23.0. The molecule has 33 heavy (non-hydrogen) atoms. The van der Waals surface area contributed by atoms with Crippen LogP contribution in [0.5, 0.6) is 11.5 Å². The van der Waals surface area contributed by atoms with E-state index in [2.05, 4.69) is 16.6 Å². The zero-order valence-electron chi connectivity index (χ0n) is 18.0. The number of rotatable bonds is 7. The van der Waals surface area contributed by atoms with Crippen LogP contribution >= 0.6 is 0 Å². The number of benzene rings is 4. The summed E-state index contributed by atoms with van der Waals surface area (Å²) in [6.07, 6.45) is 1.58. The topological polar surface area (TPSA) is 83.7 Å². The summed E-state index contributed by atoms with van der Waals surface area (Å²) in [6.45, 7) is 0.277. The number of methoxy groups -OCH3 is 1. The molecule has 4 rings (SSSR count). The number of nitrogens with zero attached hydrogens (tertiary/aromatic N) is 2. The second-order valence-electron chi connectivity index (χ2n) is 7.22. The minimum absolute atomic E-state index is 0.277. The quantitative estimate of drug-likeness (QED) is 0.325. The van der Waals surface area contributed by atoms with Crippen LogP contribution in [0.15, 0.2) is 90.0 Å². The summed E-state index contributed by atoms with van der Waals surface area (Å²) in [6, 6.07) is 27.9. The Morgan fingerprint density at radius 3 is 2.61 bits per heavy atom. The van der Waals surface area contributed by atoms with E-state index in [1.54, 1.807) is 43.7 Å². The Bertz CT molecular complexity index is 1350. The van der Waals surface area contributed by atoms with Gasteiger partial charge in [0.25, 0.3) is 5.91 Å². The van der Waals surface area contributed by atoms with Crippen molar-refractivity contribution in [3.05, 3.63) is 107 Å². The average molecular weight is 435 g/mol. The average Bonchev–Trinajstić information content (AvgIpc) is 2.87. The Labute approximate surface area is 191 Å². The van der Waals surface area contributed by atoms with Gasteiger partial charge in [-0.2, -0.15) is 10.4 Å². The Balaban J connectivity index is 1.45. The number of hydrogen-bond donors (Lipinski definition) is 1. The van der Waals surface area contributed by atoms with Crippen LogP contribution < -0.4 is 14.9 Å². The molecule has 6 heteroatoms. The van der Waals surface area contributed by atoms with Crippen LogP contribution in [-0.2, 0) is 6.61 Å². The monoisotopic (exact) mass is 435 g/mol. The van der Waals surface area contributed by atoms with E-state index in [9.17, 15) is 4.79 Å². The van der Waals surface area contributed by atoms with Gasteiger partial charge < -0.3 is 9.47 Å². The summed E-state index contributed by atoms with van der Waals surface area (Å²) in [5, 5.41) is 14.9. The Morgan fingerprint density at radius 1 is 1.03 bits per heavy atom. The van der Waals surface area contributed by atoms with Crippen molar-refractivity contribution in [2.45, 2.75) is 6.61 Å². The van der Waals surface area contributed by atoms with E-state index in [0.29, 0.717) is 22.6 Å². The third-order valence-corrected chi connectivity index (χ3v) is 5.10. The number of fused-ring (bicyclic) bond motifs is 1. The minimum Gasteiger partial charge on any atom is -0.496 e. The fraction of sp³-hybridized carbons (Fsp3) is 0.0741. The van der Waals surface area contributed by atoms with Gasteiger partial charge in [0, 0.05) is 11.1 Å². The summed E-state index contributed by atoms with van der Waals surface area (Å²) in [4.78, 5) is 12.6. The molecule has 1 N–H and O–H groups in total. The number of carbonyl (C=O) groups excluding carboxylic acids is 1. The second kappa shape index (κ2) is 10.1. The number of amides is 1. The van der Waals surface area contributed by atoms with E-state index in [1.165, 1.54) is 0 Å². The van der Waals surface area contributed by atoms with Gasteiger partial charge >= 0.3 is 0 Å². The van der Waals surface area contributed by atoms with Crippen LogP contribution in [0.1, 0.15) is 27.0 Å². The van der Waals surface area contributed by atoms with Crippen molar-refractivity contribution >= 4 is 22.9 Å². The van der Waals surface area contributed by atoms with Gasteiger partial charge in [-0.05, 0) is 64.9 Å². The number of carbonyl (C=O) groups is 1. The van der Waals surface area contributed by atoms with E-state index in [0.717, 1.165) is 21.9 Å². The highest BCUT2D eigenvalue weighted by molar-refractivity contribution is 6.07. The molecule has 4 aromatic rings. The standard InChI is InChI=1S/C27H21N3O3/c1-32-26-14-11-20(15-22(26)18-33-23-12-9-19(16-28)10-13-23)17-29-30-27(31)25-8-4-6-21-5-2-3-7-24(21)25/h2-15,17H,18H2,1H3,(H,30,31)/b29-17+. The highest BCUT2D eigenvalue weighted by Crippen LogP contribution is 2.22. The predicted octanol–water partition coefficient (Wildman–Crippen LogP) is 5.06. The number of nitriles is 1. The fourth-order valence-electron chi connectivity index (χ4n) is 3.43. The molecule has 0 saturated heterocycles. The van der Waals surface area contributed by atoms with Crippen molar-refractivity contribution in [3.8, 4) is 17.6 Å². The molecule has 0 aliphatic rings. The molecule has 0 fully saturated rings. The Morgan fingerprint density at radius 2 is 1.82 bits per heavy atom. The molecule has 4 aromatic carbocycles. The maximum atomic E-state index is 12.6. The van der Waals surface area contributed by atoms with Crippen molar-refractivity contribution in [2.24, 2.45) is 5.10 Å². The van der Waals surface area contributed by atoms with Crippen molar-refractivity contribution in [3.63, 3.8) is 0 Å². The van der Waals surface area contributed by atoms with Gasteiger partial charge in [0.1, 0.15) is 18.1 Å². The summed E-state index contributed by atoms with van der Waals surface area (Å²) in [7, 11) is 1.60. The largest absolute Gasteiger partial charge is 0.496 e. The number of ether oxygens (including phenoxy) is 2. The first-order valence-electron chi connectivity index (χ1n) is 10.3. The maximum absolute atomic E-state index is 12.6. The minimum atomic E-state index is -0.277. The number of nitrogens with one attached hydrogen (secondary N) is 1.